The molecule has 0 saturated heterocycles. The van der Waals surface area contributed by atoms with Crippen LogP contribution in [-0.4, -0.2) is 0 Å². The van der Waals surface area contributed by atoms with E-state index in [2.05, 4.69) is 209 Å². The van der Waals surface area contributed by atoms with E-state index in [4.69, 9.17) is 0 Å². The van der Waals surface area contributed by atoms with Gasteiger partial charge in [-0.25, -0.2) is 0 Å². The molecule has 1 nitrogen and oxygen atoms in total. The van der Waals surface area contributed by atoms with Gasteiger partial charge in [0.05, 0.1) is 5.69 Å². The SMILES string of the molecule is CC1(C)c2ccccc2-c2c1cc1c(c2-c2ccccc2)-c2ccc(N(c3ccc4ccccc4c3)c3ccccc3-c3ccccc3)cc2C1(C)C. The Kier molecular flexibility index (Phi) is 6.94. The van der Waals surface area contributed by atoms with Crippen molar-refractivity contribution in [1.29, 1.82) is 0 Å². The molecule has 0 aromatic heterocycles. The minimum Gasteiger partial charge on any atom is -0.310 e. The molecule has 0 aliphatic heterocycles. The Labute approximate surface area is 312 Å². The molecule has 1 heteroatoms. The van der Waals surface area contributed by atoms with Crippen molar-refractivity contribution < 1.29 is 0 Å². The Morgan fingerprint density at radius 3 is 1.60 bits per heavy atom. The summed E-state index contributed by atoms with van der Waals surface area (Å²) in [6, 6.07) is 65.0. The monoisotopic (exact) mass is 679 g/mol. The molecule has 0 atom stereocenters. The highest BCUT2D eigenvalue weighted by Gasteiger charge is 2.44. The second-order valence-electron chi connectivity index (χ2n) is 15.7. The first-order valence-electron chi connectivity index (χ1n) is 18.8. The van der Waals surface area contributed by atoms with E-state index in [9.17, 15) is 0 Å². The zero-order valence-corrected chi connectivity index (χ0v) is 30.7. The summed E-state index contributed by atoms with van der Waals surface area (Å²) in [6.07, 6.45) is 0. The van der Waals surface area contributed by atoms with Crippen LogP contribution in [0.4, 0.5) is 17.1 Å². The van der Waals surface area contributed by atoms with Gasteiger partial charge in [-0.2, -0.15) is 0 Å². The van der Waals surface area contributed by atoms with Crippen LogP contribution in [-0.2, 0) is 10.8 Å². The Bertz CT molecular complexity index is 2720. The molecule has 2 aliphatic carbocycles. The number of hydrogen-bond acceptors (Lipinski definition) is 1. The first kappa shape index (κ1) is 31.5. The standard InChI is InChI=1S/C52H41N/c1-51(2)43-25-15-13-24-41(43)49-45(51)33-46-50(48(49)36-20-9-6-10-21-36)42-30-29-39(32-44(42)52(46,3)4)53(38-28-27-34-17-11-12-22-37(34)31-38)47-26-16-14-23-40(47)35-18-7-5-8-19-35/h5-33H,1-4H3. The molecular weight excluding hydrogens is 639 g/mol. The van der Waals surface area contributed by atoms with Crippen molar-refractivity contribution in [3.05, 3.63) is 198 Å². The Hall–Kier alpha value is -6.18. The molecule has 0 saturated carbocycles. The van der Waals surface area contributed by atoms with Crippen LogP contribution >= 0.6 is 0 Å². The van der Waals surface area contributed by atoms with Gasteiger partial charge in [0.2, 0.25) is 0 Å². The van der Waals surface area contributed by atoms with E-state index in [-0.39, 0.29) is 10.8 Å². The summed E-state index contributed by atoms with van der Waals surface area (Å²) >= 11 is 0. The van der Waals surface area contributed by atoms with Crippen LogP contribution < -0.4 is 4.90 Å². The van der Waals surface area contributed by atoms with Crippen LogP contribution in [0.1, 0.15) is 49.9 Å². The molecule has 0 amide bonds. The molecule has 8 aromatic carbocycles. The van der Waals surface area contributed by atoms with Gasteiger partial charge in [-0.15, -0.1) is 0 Å². The summed E-state index contributed by atoms with van der Waals surface area (Å²) in [5, 5.41) is 2.47. The van der Waals surface area contributed by atoms with Crippen LogP contribution in [0.5, 0.6) is 0 Å². The fourth-order valence-corrected chi connectivity index (χ4v) is 9.34. The maximum absolute atomic E-state index is 2.56. The molecule has 0 spiro atoms. The topological polar surface area (TPSA) is 3.24 Å². The highest BCUT2D eigenvalue weighted by Crippen LogP contribution is 2.61. The van der Waals surface area contributed by atoms with Gasteiger partial charge in [0.15, 0.2) is 0 Å². The third kappa shape index (κ3) is 4.70. The molecule has 0 radical (unpaired) electrons. The minimum absolute atomic E-state index is 0.103. The predicted octanol–water partition coefficient (Wildman–Crippen LogP) is 14.3. The lowest BCUT2D eigenvalue weighted by atomic mass is 9.76. The Balaban J connectivity index is 1.24. The summed E-state index contributed by atoms with van der Waals surface area (Å²) in [6.45, 7) is 9.65. The van der Waals surface area contributed by atoms with Crippen LogP contribution in [0, 0.1) is 0 Å². The van der Waals surface area contributed by atoms with Gasteiger partial charge in [0, 0.05) is 27.8 Å². The zero-order chi connectivity index (χ0) is 35.9. The highest BCUT2D eigenvalue weighted by atomic mass is 15.1. The molecule has 0 heterocycles. The van der Waals surface area contributed by atoms with Gasteiger partial charge >= 0.3 is 0 Å². The Morgan fingerprint density at radius 1 is 0.340 bits per heavy atom. The number of fused-ring (bicyclic) bond motifs is 7. The maximum Gasteiger partial charge on any atom is 0.0540 e. The van der Waals surface area contributed by atoms with Gasteiger partial charge in [-0.05, 0) is 102 Å². The molecule has 254 valence electrons. The summed E-state index contributed by atoms with van der Waals surface area (Å²) in [5.41, 5.74) is 19.2. The minimum atomic E-state index is -0.224. The van der Waals surface area contributed by atoms with Crippen molar-refractivity contribution in [1.82, 2.24) is 0 Å². The summed E-state index contributed by atoms with van der Waals surface area (Å²) in [4.78, 5) is 2.46. The Morgan fingerprint density at radius 2 is 0.868 bits per heavy atom. The van der Waals surface area contributed by atoms with Crippen LogP contribution in [0.25, 0.3) is 55.3 Å². The molecule has 0 unspecified atom stereocenters. The average molecular weight is 680 g/mol. The van der Waals surface area contributed by atoms with Gasteiger partial charge < -0.3 is 4.90 Å². The lowest BCUT2D eigenvalue weighted by Gasteiger charge is -2.30. The maximum atomic E-state index is 2.56. The second-order valence-corrected chi connectivity index (χ2v) is 15.7. The van der Waals surface area contributed by atoms with Crippen LogP contribution in [0.3, 0.4) is 0 Å². The molecule has 0 bridgehead atoms. The van der Waals surface area contributed by atoms with Gasteiger partial charge in [0.25, 0.3) is 0 Å². The van der Waals surface area contributed by atoms with Crippen molar-refractivity contribution in [2.45, 2.75) is 38.5 Å². The van der Waals surface area contributed by atoms with Crippen molar-refractivity contribution in [3.63, 3.8) is 0 Å². The largest absolute Gasteiger partial charge is 0.310 e. The summed E-state index contributed by atoms with van der Waals surface area (Å²) in [5.74, 6) is 0. The highest BCUT2D eigenvalue weighted by molar-refractivity contribution is 6.04. The molecule has 0 N–H and O–H groups in total. The van der Waals surface area contributed by atoms with Crippen LogP contribution in [0.2, 0.25) is 0 Å². The van der Waals surface area contributed by atoms with Crippen molar-refractivity contribution >= 4 is 27.8 Å². The summed E-state index contributed by atoms with van der Waals surface area (Å²) in [7, 11) is 0. The number of rotatable bonds is 5. The molecule has 0 fully saturated rings. The van der Waals surface area contributed by atoms with Crippen molar-refractivity contribution in [3.8, 4) is 44.5 Å². The van der Waals surface area contributed by atoms with Crippen molar-refractivity contribution in [2.24, 2.45) is 0 Å². The average Bonchev–Trinajstić information content (AvgIpc) is 3.57. The molecule has 8 aromatic rings. The van der Waals surface area contributed by atoms with E-state index in [1.54, 1.807) is 0 Å². The van der Waals surface area contributed by atoms with Gasteiger partial charge in [0.1, 0.15) is 0 Å². The van der Waals surface area contributed by atoms with E-state index in [1.807, 2.05) is 0 Å². The third-order valence-corrected chi connectivity index (χ3v) is 12.0. The smallest absolute Gasteiger partial charge is 0.0540 e. The number of hydrogen-bond donors (Lipinski definition) is 0. The fourth-order valence-electron chi connectivity index (χ4n) is 9.34. The fraction of sp³-hybridized carbons (Fsp3) is 0.115. The first-order valence-corrected chi connectivity index (χ1v) is 18.8. The lowest BCUT2D eigenvalue weighted by molar-refractivity contribution is 0.639. The van der Waals surface area contributed by atoms with E-state index in [0.717, 1.165) is 17.1 Å². The second kappa shape index (κ2) is 11.7. The number of nitrogens with zero attached hydrogens (tertiary/aromatic N) is 1. The molecule has 2 aliphatic rings. The van der Waals surface area contributed by atoms with E-state index < -0.39 is 0 Å². The lowest BCUT2D eigenvalue weighted by Crippen LogP contribution is -2.19. The van der Waals surface area contributed by atoms with Gasteiger partial charge in [-0.1, -0.05) is 173 Å². The van der Waals surface area contributed by atoms with Crippen LogP contribution in [0.15, 0.2) is 176 Å². The molecule has 53 heavy (non-hydrogen) atoms. The predicted molar refractivity (Wildman–Crippen MR) is 225 cm³/mol. The van der Waals surface area contributed by atoms with E-state index in [1.165, 1.54) is 77.5 Å². The van der Waals surface area contributed by atoms with E-state index in [0.29, 0.717) is 0 Å². The van der Waals surface area contributed by atoms with Crippen molar-refractivity contribution in [2.75, 3.05) is 4.90 Å². The van der Waals surface area contributed by atoms with E-state index >= 15 is 0 Å². The van der Waals surface area contributed by atoms with Gasteiger partial charge in [-0.3, -0.25) is 0 Å². The normalized spacial score (nSPS) is 14.3. The number of anilines is 3. The molecular formula is C52H41N. The quantitative estimate of drug-likeness (QED) is 0.175. The number of para-hydroxylation sites is 1. The first-order chi connectivity index (χ1) is 25.8. The third-order valence-electron chi connectivity index (χ3n) is 12.0. The summed E-state index contributed by atoms with van der Waals surface area (Å²) < 4.78 is 0. The molecule has 10 rings (SSSR count). The number of benzene rings is 8. The zero-order valence-electron chi connectivity index (χ0n) is 30.7.